The fourth-order valence-electron chi connectivity index (χ4n) is 2.35. The number of aromatic nitrogens is 1. The Bertz CT molecular complexity index is 681. The number of aryl methyl sites for hydroxylation is 1. The number of unbranched alkanes of at least 4 members (excludes halogenated alkanes) is 1. The van der Waals surface area contributed by atoms with E-state index < -0.39 is 11.8 Å². The highest BCUT2D eigenvalue weighted by Gasteiger charge is 2.20. The van der Waals surface area contributed by atoms with Crippen molar-refractivity contribution in [2.45, 2.75) is 26.2 Å². The fourth-order valence-corrected chi connectivity index (χ4v) is 3.03. The summed E-state index contributed by atoms with van der Waals surface area (Å²) in [4.78, 5) is 11.0. The molecular weight excluding hydrogens is 341 g/mol. The third kappa shape index (κ3) is 3.20. The van der Waals surface area contributed by atoms with Gasteiger partial charge < -0.3 is 14.4 Å². The van der Waals surface area contributed by atoms with Gasteiger partial charge in [-0.1, -0.05) is 13.3 Å². The molecule has 0 unspecified atom stereocenters. The molecule has 0 aliphatic heterocycles. The number of benzene rings is 1. The Kier molecular flexibility index (Phi) is 4.88. The summed E-state index contributed by atoms with van der Waals surface area (Å²) < 4.78 is 22.2. The van der Waals surface area contributed by atoms with Crippen LogP contribution < -0.4 is 4.74 Å². The third-order valence-electron chi connectivity index (χ3n) is 3.27. The van der Waals surface area contributed by atoms with Crippen molar-refractivity contribution in [1.29, 1.82) is 0 Å². The lowest BCUT2D eigenvalue weighted by molar-refractivity contribution is -0.136. The highest BCUT2D eigenvalue weighted by Crippen LogP contribution is 2.38. The van der Waals surface area contributed by atoms with Crippen LogP contribution in [0.25, 0.3) is 10.9 Å². The molecule has 0 aliphatic carbocycles. The highest BCUT2D eigenvalue weighted by molar-refractivity contribution is 9.10. The maximum atomic E-state index is 14.2. The molecule has 0 bridgehead atoms. The van der Waals surface area contributed by atoms with Crippen LogP contribution in [0.4, 0.5) is 4.39 Å². The van der Waals surface area contributed by atoms with E-state index in [-0.39, 0.29) is 12.2 Å². The van der Waals surface area contributed by atoms with Gasteiger partial charge in [0, 0.05) is 23.1 Å². The second kappa shape index (κ2) is 6.47. The molecule has 0 saturated heterocycles. The van der Waals surface area contributed by atoms with Crippen LogP contribution in [0.3, 0.4) is 0 Å². The maximum absolute atomic E-state index is 14.2. The maximum Gasteiger partial charge on any atom is 0.307 e. The number of carboxylic acid groups (broad SMARTS) is 1. The number of fused-ring (bicyclic) bond motifs is 1. The molecule has 1 aromatic carbocycles. The van der Waals surface area contributed by atoms with E-state index in [1.807, 2.05) is 6.92 Å². The molecule has 0 atom stereocenters. The number of hydrogen-bond donors (Lipinski definition) is 1. The lowest BCUT2D eigenvalue weighted by Crippen LogP contribution is -2.03. The zero-order chi connectivity index (χ0) is 15.6. The smallest absolute Gasteiger partial charge is 0.307 e. The minimum Gasteiger partial charge on any atom is -0.490 e. The first-order chi connectivity index (χ1) is 9.95. The molecule has 4 nitrogen and oxygen atoms in total. The van der Waals surface area contributed by atoms with Gasteiger partial charge >= 0.3 is 5.97 Å². The van der Waals surface area contributed by atoms with Crippen molar-refractivity contribution < 1.29 is 19.0 Å². The molecule has 114 valence electrons. The van der Waals surface area contributed by atoms with E-state index in [4.69, 9.17) is 9.84 Å². The van der Waals surface area contributed by atoms with Crippen molar-refractivity contribution >= 4 is 32.8 Å². The van der Waals surface area contributed by atoms with Crippen molar-refractivity contribution in [2.24, 2.45) is 7.05 Å². The number of ether oxygens (including phenoxy) is 1. The van der Waals surface area contributed by atoms with Gasteiger partial charge in [-0.05, 0) is 34.0 Å². The van der Waals surface area contributed by atoms with E-state index in [2.05, 4.69) is 15.9 Å². The summed E-state index contributed by atoms with van der Waals surface area (Å²) in [6.07, 6.45) is 3.29. The Labute approximate surface area is 130 Å². The van der Waals surface area contributed by atoms with Crippen LogP contribution in [-0.2, 0) is 18.3 Å². The predicted molar refractivity (Wildman–Crippen MR) is 82.3 cm³/mol. The molecule has 0 saturated carbocycles. The number of halogens is 2. The topological polar surface area (TPSA) is 51.5 Å². The van der Waals surface area contributed by atoms with Gasteiger partial charge in [-0.3, -0.25) is 4.79 Å². The minimum absolute atomic E-state index is 0.138. The Morgan fingerprint density at radius 1 is 1.52 bits per heavy atom. The molecule has 21 heavy (non-hydrogen) atoms. The van der Waals surface area contributed by atoms with E-state index in [1.54, 1.807) is 17.8 Å². The molecule has 0 aliphatic rings. The molecule has 0 spiro atoms. The van der Waals surface area contributed by atoms with Gasteiger partial charge in [0.25, 0.3) is 0 Å². The van der Waals surface area contributed by atoms with Crippen LogP contribution in [0.5, 0.6) is 5.75 Å². The number of aliphatic carboxylic acids is 1. The lowest BCUT2D eigenvalue weighted by atomic mass is 10.1. The molecular formula is C15H17BrFNO3. The average molecular weight is 358 g/mol. The molecule has 0 fully saturated rings. The van der Waals surface area contributed by atoms with Crippen LogP contribution in [0.1, 0.15) is 25.3 Å². The van der Waals surface area contributed by atoms with Gasteiger partial charge in [0.2, 0.25) is 0 Å². The van der Waals surface area contributed by atoms with E-state index in [9.17, 15) is 9.18 Å². The van der Waals surface area contributed by atoms with E-state index in [1.165, 1.54) is 6.07 Å². The Hall–Kier alpha value is -1.56. The molecule has 0 radical (unpaired) electrons. The monoisotopic (exact) mass is 357 g/mol. The van der Waals surface area contributed by atoms with Crippen LogP contribution in [0, 0.1) is 5.82 Å². The SMILES string of the molecule is CCCCOc1c(F)cc(Br)c2c1c(CC(=O)O)cn2C. The van der Waals surface area contributed by atoms with Gasteiger partial charge in [-0.25, -0.2) is 4.39 Å². The van der Waals surface area contributed by atoms with Gasteiger partial charge in [0.05, 0.1) is 18.5 Å². The summed E-state index contributed by atoms with van der Waals surface area (Å²) >= 11 is 3.33. The third-order valence-corrected chi connectivity index (χ3v) is 3.87. The molecule has 6 heteroatoms. The second-order valence-electron chi connectivity index (χ2n) is 4.93. The van der Waals surface area contributed by atoms with Gasteiger partial charge in [0.15, 0.2) is 11.6 Å². The number of carbonyl (C=O) groups is 1. The predicted octanol–water partition coefficient (Wildman–Crippen LogP) is 3.89. The first-order valence-electron chi connectivity index (χ1n) is 6.76. The number of hydrogen-bond acceptors (Lipinski definition) is 2. The first-order valence-corrected chi connectivity index (χ1v) is 7.55. The van der Waals surface area contributed by atoms with E-state index in [0.717, 1.165) is 18.4 Å². The minimum atomic E-state index is -0.956. The first kappa shape index (κ1) is 15.8. The molecule has 1 aromatic heterocycles. The average Bonchev–Trinajstić information content (AvgIpc) is 2.70. The quantitative estimate of drug-likeness (QED) is 0.798. The lowest BCUT2D eigenvalue weighted by Gasteiger charge is -2.11. The summed E-state index contributed by atoms with van der Waals surface area (Å²) in [6.45, 7) is 2.43. The second-order valence-corrected chi connectivity index (χ2v) is 5.79. The molecule has 0 amide bonds. The van der Waals surface area contributed by atoms with Crippen molar-refractivity contribution in [3.8, 4) is 5.75 Å². The van der Waals surface area contributed by atoms with Crippen molar-refractivity contribution in [2.75, 3.05) is 6.61 Å². The van der Waals surface area contributed by atoms with E-state index >= 15 is 0 Å². The number of carboxylic acids is 1. The van der Waals surface area contributed by atoms with Crippen LogP contribution in [0.15, 0.2) is 16.7 Å². The largest absolute Gasteiger partial charge is 0.490 e. The Morgan fingerprint density at radius 3 is 2.86 bits per heavy atom. The van der Waals surface area contributed by atoms with Crippen molar-refractivity contribution in [3.63, 3.8) is 0 Å². The Morgan fingerprint density at radius 2 is 2.24 bits per heavy atom. The normalized spacial score (nSPS) is 11.0. The summed E-state index contributed by atoms with van der Waals surface area (Å²) in [5.74, 6) is -1.30. The summed E-state index contributed by atoms with van der Waals surface area (Å²) in [7, 11) is 1.80. The Balaban J connectivity index is 2.61. The van der Waals surface area contributed by atoms with Crippen LogP contribution in [-0.4, -0.2) is 22.2 Å². The van der Waals surface area contributed by atoms with Gasteiger partial charge in [-0.2, -0.15) is 0 Å². The van der Waals surface area contributed by atoms with Crippen LogP contribution >= 0.6 is 15.9 Å². The number of rotatable bonds is 6. The van der Waals surface area contributed by atoms with Gasteiger partial charge in [-0.15, -0.1) is 0 Å². The molecule has 1 heterocycles. The highest BCUT2D eigenvalue weighted by atomic mass is 79.9. The summed E-state index contributed by atoms with van der Waals surface area (Å²) in [5.41, 5.74) is 1.28. The standard InChI is InChI=1S/C15H17BrFNO3/c1-3-4-5-21-15-11(17)7-10(16)14-13(15)9(6-12(19)20)8-18(14)2/h7-8H,3-6H2,1-2H3,(H,19,20). The van der Waals surface area contributed by atoms with Crippen LogP contribution in [0.2, 0.25) is 0 Å². The summed E-state index contributed by atoms with van der Waals surface area (Å²) in [6, 6.07) is 1.36. The molecule has 2 aromatic rings. The van der Waals surface area contributed by atoms with Crippen molar-refractivity contribution in [1.82, 2.24) is 4.57 Å². The zero-order valence-corrected chi connectivity index (χ0v) is 13.5. The molecule has 2 rings (SSSR count). The fraction of sp³-hybridized carbons (Fsp3) is 0.400. The summed E-state index contributed by atoms with van der Waals surface area (Å²) in [5, 5.41) is 9.55. The number of nitrogens with zero attached hydrogens (tertiary/aromatic N) is 1. The van der Waals surface area contributed by atoms with E-state index in [0.29, 0.717) is 22.0 Å². The molecule has 1 N–H and O–H groups in total. The van der Waals surface area contributed by atoms with Crippen molar-refractivity contribution in [3.05, 3.63) is 28.1 Å². The van der Waals surface area contributed by atoms with Gasteiger partial charge in [0.1, 0.15) is 0 Å². The zero-order valence-electron chi connectivity index (χ0n) is 11.9.